The molecular weight excluding hydrogens is 251 g/mol. The Labute approximate surface area is 111 Å². The van der Waals surface area contributed by atoms with Crippen LogP contribution in [0.3, 0.4) is 0 Å². The van der Waals surface area contributed by atoms with Crippen LogP contribution in [-0.4, -0.2) is 29.7 Å². The first-order chi connectivity index (χ1) is 9.05. The lowest BCUT2D eigenvalue weighted by atomic mass is 10.1. The van der Waals surface area contributed by atoms with Crippen LogP contribution in [0.25, 0.3) is 0 Å². The summed E-state index contributed by atoms with van der Waals surface area (Å²) in [5.74, 6) is -1.62. The standard InChI is InChI=1S/C14H17FO4/c1-3-10-11(16)12-13(17-10)19-14(2,18-12)8-6-4-5-7-9(8)15/h4-7,10-13,16H,3H2,1-2H3/t10-,11+,12-,13-,14?/m1/s1. The zero-order chi connectivity index (χ0) is 13.6. The molecule has 1 N–H and O–H groups in total. The van der Waals surface area contributed by atoms with Crippen LogP contribution >= 0.6 is 0 Å². The fourth-order valence-electron chi connectivity index (χ4n) is 2.73. The summed E-state index contributed by atoms with van der Waals surface area (Å²) in [6.07, 6.45) is -1.58. The van der Waals surface area contributed by atoms with Gasteiger partial charge >= 0.3 is 0 Å². The number of halogens is 1. The molecule has 0 aromatic heterocycles. The van der Waals surface area contributed by atoms with Gasteiger partial charge in [0, 0.05) is 5.56 Å². The van der Waals surface area contributed by atoms with Crippen LogP contribution in [-0.2, 0) is 20.0 Å². The van der Waals surface area contributed by atoms with Crippen molar-refractivity contribution in [2.24, 2.45) is 0 Å². The molecule has 0 bridgehead atoms. The summed E-state index contributed by atoms with van der Waals surface area (Å²) in [5, 5.41) is 10.1. The van der Waals surface area contributed by atoms with Crippen LogP contribution in [0, 0.1) is 5.82 Å². The van der Waals surface area contributed by atoms with Gasteiger partial charge in [0.15, 0.2) is 12.1 Å². The number of benzene rings is 1. The quantitative estimate of drug-likeness (QED) is 0.890. The normalized spacial score (nSPS) is 41.5. The number of ether oxygens (including phenoxy) is 3. The lowest BCUT2D eigenvalue weighted by molar-refractivity contribution is -0.232. The molecule has 2 heterocycles. The predicted molar refractivity (Wildman–Crippen MR) is 64.7 cm³/mol. The third-order valence-electron chi connectivity index (χ3n) is 3.76. The second-order valence-corrected chi connectivity index (χ2v) is 5.07. The lowest BCUT2D eigenvalue weighted by Gasteiger charge is -2.27. The van der Waals surface area contributed by atoms with Crippen molar-refractivity contribution < 1.29 is 23.7 Å². The zero-order valence-electron chi connectivity index (χ0n) is 10.9. The fraction of sp³-hybridized carbons (Fsp3) is 0.571. The number of hydrogen-bond donors (Lipinski definition) is 1. The number of rotatable bonds is 2. The molecule has 2 saturated heterocycles. The van der Waals surface area contributed by atoms with Crippen molar-refractivity contribution in [1.29, 1.82) is 0 Å². The molecule has 0 aliphatic carbocycles. The van der Waals surface area contributed by atoms with Crippen molar-refractivity contribution in [3.8, 4) is 0 Å². The minimum atomic E-state index is -1.22. The van der Waals surface area contributed by atoms with E-state index in [4.69, 9.17) is 14.2 Å². The maximum Gasteiger partial charge on any atom is 0.198 e. The molecule has 0 saturated carbocycles. The SMILES string of the molecule is CC[C@H]1O[C@@H]2OC(C)(c3ccccc3F)O[C@@H]2[C@H]1O. The molecule has 2 aliphatic heterocycles. The predicted octanol–water partition coefficient (Wildman–Crippen LogP) is 1.91. The Morgan fingerprint density at radius 1 is 1.32 bits per heavy atom. The van der Waals surface area contributed by atoms with Crippen molar-refractivity contribution in [3.05, 3.63) is 35.6 Å². The summed E-state index contributed by atoms with van der Waals surface area (Å²) in [6, 6.07) is 6.29. The van der Waals surface area contributed by atoms with Gasteiger partial charge in [-0.2, -0.15) is 0 Å². The van der Waals surface area contributed by atoms with Crippen LogP contribution in [0.2, 0.25) is 0 Å². The number of hydrogen-bond acceptors (Lipinski definition) is 4. The molecule has 19 heavy (non-hydrogen) atoms. The van der Waals surface area contributed by atoms with Gasteiger partial charge in [-0.25, -0.2) is 4.39 Å². The Kier molecular flexibility index (Phi) is 3.09. The van der Waals surface area contributed by atoms with E-state index >= 15 is 0 Å². The van der Waals surface area contributed by atoms with Crippen LogP contribution in [0.15, 0.2) is 24.3 Å². The summed E-state index contributed by atoms with van der Waals surface area (Å²) in [5.41, 5.74) is 0.313. The average molecular weight is 268 g/mol. The topological polar surface area (TPSA) is 47.9 Å². The van der Waals surface area contributed by atoms with Gasteiger partial charge in [-0.3, -0.25) is 0 Å². The maximum atomic E-state index is 13.8. The third-order valence-corrected chi connectivity index (χ3v) is 3.76. The van der Waals surface area contributed by atoms with E-state index in [1.807, 2.05) is 6.92 Å². The molecule has 3 rings (SSSR count). The first-order valence-corrected chi connectivity index (χ1v) is 6.49. The molecule has 5 atom stereocenters. The highest BCUT2D eigenvalue weighted by molar-refractivity contribution is 5.23. The molecular formula is C14H17FO4. The molecule has 5 heteroatoms. The van der Waals surface area contributed by atoms with E-state index in [2.05, 4.69) is 0 Å². The molecule has 0 radical (unpaired) electrons. The van der Waals surface area contributed by atoms with Crippen molar-refractivity contribution in [2.75, 3.05) is 0 Å². The highest BCUT2D eigenvalue weighted by atomic mass is 19.1. The molecule has 104 valence electrons. The molecule has 0 spiro atoms. The summed E-state index contributed by atoms with van der Waals surface area (Å²) in [4.78, 5) is 0. The molecule has 4 nitrogen and oxygen atoms in total. The van der Waals surface area contributed by atoms with Crippen LogP contribution in [0.4, 0.5) is 4.39 Å². The second-order valence-electron chi connectivity index (χ2n) is 5.07. The average Bonchev–Trinajstić information content (AvgIpc) is 2.86. The van der Waals surface area contributed by atoms with Gasteiger partial charge in [0.25, 0.3) is 0 Å². The summed E-state index contributed by atoms with van der Waals surface area (Å²) in [6.45, 7) is 3.56. The van der Waals surface area contributed by atoms with Gasteiger partial charge in [0.2, 0.25) is 0 Å². The Bertz CT molecular complexity index is 480. The monoisotopic (exact) mass is 268 g/mol. The van der Waals surface area contributed by atoms with Crippen LogP contribution in [0.5, 0.6) is 0 Å². The lowest BCUT2D eigenvalue weighted by Crippen LogP contribution is -2.34. The van der Waals surface area contributed by atoms with Crippen LogP contribution < -0.4 is 0 Å². The molecule has 1 aromatic rings. The van der Waals surface area contributed by atoms with Crippen LogP contribution in [0.1, 0.15) is 25.8 Å². The highest BCUT2D eigenvalue weighted by Gasteiger charge is 2.56. The number of aliphatic hydroxyl groups excluding tert-OH is 1. The van der Waals surface area contributed by atoms with Gasteiger partial charge in [0.1, 0.15) is 18.0 Å². The van der Waals surface area contributed by atoms with Gasteiger partial charge < -0.3 is 19.3 Å². The molecule has 1 unspecified atom stereocenters. The fourth-order valence-corrected chi connectivity index (χ4v) is 2.73. The second kappa shape index (κ2) is 4.52. The number of fused-ring (bicyclic) bond motifs is 1. The van der Waals surface area contributed by atoms with E-state index in [-0.39, 0.29) is 6.10 Å². The molecule has 0 amide bonds. The summed E-state index contributed by atoms with van der Waals surface area (Å²) >= 11 is 0. The first kappa shape index (κ1) is 13.0. The van der Waals surface area contributed by atoms with Crippen molar-refractivity contribution in [2.45, 2.75) is 50.7 Å². The van der Waals surface area contributed by atoms with E-state index in [1.54, 1.807) is 25.1 Å². The summed E-state index contributed by atoms with van der Waals surface area (Å²) in [7, 11) is 0. The molecule has 2 fully saturated rings. The van der Waals surface area contributed by atoms with Gasteiger partial charge in [-0.05, 0) is 19.4 Å². The van der Waals surface area contributed by atoms with Gasteiger partial charge in [0.05, 0.1) is 6.10 Å². The minimum Gasteiger partial charge on any atom is -0.387 e. The maximum absolute atomic E-state index is 13.8. The Hall–Kier alpha value is -1.01. The van der Waals surface area contributed by atoms with E-state index in [1.165, 1.54) is 6.07 Å². The Morgan fingerprint density at radius 2 is 2.05 bits per heavy atom. The van der Waals surface area contributed by atoms with E-state index < -0.39 is 30.1 Å². The Balaban J connectivity index is 1.86. The van der Waals surface area contributed by atoms with Gasteiger partial charge in [-0.15, -0.1) is 0 Å². The molecule has 2 aliphatic rings. The van der Waals surface area contributed by atoms with Crippen molar-refractivity contribution in [1.82, 2.24) is 0 Å². The largest absolute Gasteiger partial charge is 0.387 e. The first-order valence-electron chi connectivity index (χ1n) is 6.49. The Morgan fingerprint density at radius 3 is 2.68 bits per heavy atom. The molecule has 1 aromatic carbocycles. The van der Waals surface area contributed by atoms with E-state index in [0.717, 1.165) is 0 Å². The highest BCUT2D eigenvalue weighted by Crippen LogP contribution is 2.44. The third kappa shape index (κ3) is 1.97. The summed E-state index contributed by atoms with van der Waals surface area (Å²) < 4.78 is 30.9. The van der Waals surface area contributed by atoms with Crippen molar-refractivity contribution in [3.63, 3.8) is 0 Å². The smallest absolute Gasteiger partial charge is 0.198 e. The minimum absolute atomic E-state index is 0.292. The van der Waals surface area contributed by atoms with Gasteiger partial charge in [-0.1, -0.05) is 25.1 Å². The number of aliphatic hydroxyl groups is 1. The zero-order valence-corrected chi connectivity index (χ0v) is 10.9. The van der Waals surface area contributed by atoms with E-state index in [9.17, 15) is 9.50 Å². The van der Waals surface area contributed by atoms with E-state index in [0.29, 0.717) is 12.0 Å². The van der Waals surface area contributed by atoms with Crippen molar-refractivity contribution >= 4 is 0 Å².